The van der Waals surface area contributed by atoms with Gasteiger partial charge in [0.2, 0.25) is 5.82 Å². The summed E-state index contributed by atoms with van der Waals surface area (Å²) in [5.74, 6) is 0.654. The molecule has 0 radical (unpaired) electrons. The van der Waals surface area contributed by atoms with Gasteiger partial charge in [0.1, 0.15) is 5.82 Å². The van der Waals surface area contributed by atoms with Gasteiger partial charge in [0.15, 0.2) is 0 Å². The molecule has 0 aliphatic rings. The Kier molecular flexibility index (Phi) is 3.47. The SMILES string of the molecule is C=CCN(C(=O)c1n[nH]c(C)n1)C(C)(C)C. The first kappa shape index (κ1) is 12.4. The van der Waals surface area contributed by atoms with Crippen LogP contribution in [0.2, 0.25) is 0 Å². The highest BCUT2D eigenvalue weighted by atomic mass is 16.2. The molecule has 0 aliphatic heterocycles. The number of carbonyl (C=O) groups excluding carboxylic acids is 1. The van der Waals surface area contributed by atoms with E-state index in [-0.39, 0.29) is 17.3 Å². The second-order valence-corrected chi connectivity index (χ2v) is 4.62. The number of nitrogens with zero attached hydrogens (tertiary/aromatic N) is 3. The van der Waals surface area contributed by atoms with Gasteiger partial charge in [-0.15, -0.1) is 11.7 Å². The molecule has 16 heavy (non-hydrogen) atoms. The number of H-pyrrole nitrogens is 1. The first-order valence-corrected chi connectivity index (χ1v) is 5.18. The van der Waals surface area contributed by atoms with Gasteiger partial charge < -0.3 is 4.90 Å². The number of carbonyl (C=O) groups is 1. The van der Waals surface area contributed by atoms with E-state index in [0.717, 1.165) is 0 Å². The number of aromatic amines is 1. The van der Waals surface area contributed by atoms with E-state index >= 15 is 0 Å². The van der Waals surface area contributed by atoms with E-state index in [2.05, 4.69) is 21.8 Å². The summed E-state index contributed by atoms with van der Waals surface area (Å²) in [5, 5.41) is 6.53. The molecule has 0 aliphatic carbocycles. The topological polar surface area (TPSA) is 61.9 Å². The smallest absolute Gasteiger partial charge is 0.294 e. The quantitative estimate of drug-likeness (QED) is 0.789. The van der Waals surface area contributed by atoms with Gasteiger partial charge in [-0.05, 0) is 27.7 Å². The van der Waals surface area contributed by atoms with Gasteiger partial charge in [-0.1, -0.05) is 6.08 Å². The normalized spacial score (nSPS) is 11.2. The van der Waals surface area contributed by atoms with Crippen LogP contribution >= 0.6 is 0 Å². The van der Waals surface area contributed by atoms with Crippen LogP contribution in [0.25, 0.3) is 0 Å². The Labute approximate surface area is 95.6 Å². The fourth-order valence-corrected chi connectivity index (χ4v) is 1.35. The van der Waals surface area contributed by atoms with E-state index < -0.39 is 0 Å². The molecule has 0 aromatic carbocycles. The van der Waals surface area contributed by atoms with Gasteiger partial charge in [-0.2, -0.15) is 0 Å². The van der Waals surface area contributed by atoms with Crippen LogP contribution in [0.1, 0.15) is 37.2 Å². The van der Waals surface area contributed by atoms with E-state index in [4.69, 9.17) is 0 Å². The maximum absolute atomic E-state index is 12.1. The highest BCUT2D eigenvalue weighted by Crippen LogP contribution is 2.15. The summed E-state index contributed by atoms with van der Waals surface area (Å²) >= 11 is 0. The fraction of sp³-hybridized carbons (Fsp3) is 0.545. The Bertz CT molecular complexity index is 389. The van der Waals surface area contributed by atoms with Crippen molar-refractivity contribution in [1.82, 2.24) is 20.1 Å². The second-order valence-electron chi connectivity index (χ2n) is 4.62. The third-order valence-electron chi connectivity index (χ3n) is 2.16. The van der Waals surface area contributed by atoms with Crippen molar-refractivity contribution in [1.29, 1.82) is 0 Å². The van der Waals surface area contributed by atoms with E-state index in [1.807, 2.05) is 20.8 Å². The third-order valence-corrected chi connectivity index (χ3v) is 2.16. The molecular formula is C11H18N4O. The fourth-order valence-electron chi connectivity index (χ4n) is 1.35. The summed E-state index contributed by atoms with van der Waals surface area (Å²) in [4.78, 5) is 17.8. The predicted molar refractivity (Wildman–Crippen MR) is 62.1 cm³/mol. The van der Waals surface area contributed by atoms with Crippen molar-refractivity contribution in [3.05, 3.63) is 24.3 Å². The van der Waals surface area contributed by atoms with Gasteiger partial charge in [0.05, 0.1) is 0 Å². The van der Waals surface area contributed by atoms with Crippen molar-refractivity contribution in [3.63, 3.8) is 0 Å². The summed E-state index contributed by atoms with van der Waals surface area (Å²) in [6, 6.07) is 0. The number of amides is 1. The zero-order valence-electron chi connectivity index (χ0n) is 10.2. The lowest BCUT2D eigenvalue weighted by Crippen LogP contribution is -2.46. The molecule has 0 saturated carbocycles. The van der Waals surface area contributed by atoms with Crippen LogP contribution < -0.4 is 0 Å². The maximum Gasteiger partial charge on any atom is 0.294 e. The van der Waals surface area contributed by atoms with Gasteiger partial charge >= 0.3 is 0 Å². The van der Waals surface area contributed by atoms with Crippen LogP contribution in [0.5, 0.6) is 0 Å². The zero-order chi connectivity index (χ0) is 12.3. The molecule has 1 aromatic heterocycles. The first-order valence-electron chi connectivity index (χ1n) is 5.18. The number of aromatic nitrogens is 3. The summed E-state index contributed by atoms with van der Waals surface area (Å²) < 4.78 is 0. The van der Waals surface area contributed by atoms with E-state index in [1.54, 1.807) is 17.9 Å². The Morgan fingerprint density at radius 1 is 1.56 bits per heavy atom. The summed E-state index contributed by atoms with van der Waals surface area (Å²) in [6.45, 7) is 11.8. The zero-order valence-corrected chi connectivity index (χ0v) is 10.2. The maximum atomic E-state index is 12.1. The lowest BCUT2D eigenvalue weighted by atomic mass is 10.1. The molecule has 0 bridgehead atoms. The molecular weight excluding hydrogens is 204 g/mol. The van der Waals surface area contributed by atoms with Gasteiger partial charge in [-0.25, -0.2) is 4.98 Å². The molecule has 1 heterocycles. The molecule has 1 aromatic rings. The van der Waals surface area contributed by atoms with E-state index in [1.165, 1.54) is 0 Å². The van der Waals surface area contributed by atoms with Crippen molar-refractivity contribution in [2.24, 2.45) is 0 Å². The first-order chi connectivity index (χ1) is 7.36. The molecule has 5 heteroatoms. The van der Waals surface area contributed by atoms with Crippen LogP contribution in [0.15, 0.2) is 12.7 Å². The number of aryl methyl sites for hydroxylation is 1. The Morgan fingerprint density at radius 3 is 2.56 bits per heavy atom. The van der Waals surface area contributed by atoms with Gasteiger partial charge in [0.25, 0.3) is 5.91 Å². The minimum atomic E-state index is -0.278. The molecule has 0 spiro atoms. The number of rotatable bonds is 3. The Balaban J connectivity index is 2.96. The van der Waals surface area contributed by atoms with E-state index in [0.29, 0.717) is 12.4 Å². The minimum Gasteiger partial charge on any atom is -0.327 e. The largest absolute Gasteiger partial charge is 0.327 e. The monoisotopic (exact) mass is 222 g/mol. The second kappa shape index (κ2) is 4.47. The van der Waals surface area contributed by atoms with Crippen molar-refractivity contribution < 1.29 is 4.79 Å². The molecule has 0 atom stereocenters. The Hall–Kier alpha value is -1.65. The lowest BCUT2D eigenvalue weighted by molar-refractivity contribution is 0.0604. The molecule has 88 valence electrons. The van der Waals surface area contributed by atoms with E-state index in [9.17, 15) is 4.79 Å². The Morgan fingerprint density at radius 2 is 2.19 bits per heavy atom. The lowest BCUT2D eigenvalue weighted by Gasteiger charge is -2.33. The van der Waals surface area contributed by atoms with Crippen molar-refractivity contribution in [2.75, 3.05) is 6.54 Å². The number of hydrogen-bond donors (Lipinski definition) is 1. The van der Waals surface area contributed by atoms with Crippen LogP contribution in [0.4, 0.5) is 0 Å². The molecule has 0 unspecified atom stereocenters. The van der Waals surface area contributed by atoms with Crippen molar-refractivity contribution in [2.45, 2.75) is 33.2 Å². The molecule has 1 N–H and O–H groups in total. The van der Waals surface area contributed by atoms with Crippen LogP contribution in [-0.2, 0) is 0 Å². The summed E-state index contributed by atoms with van der Waals surface area (Å²) in [6.07, 6.45) is 1.70. The van der Waals surface area contributed by atoms with Crippen LogP contribution in [0, 0.1) is 6.92 Å². The molecule has 0 saturated heterocycles. The van der Waals surface area contributed by atoms with Crippen LogP contribution in [0.3, 0.4) is 0 Å². The van der Waals surface area contributed by atoms with Gasteiger partial charge in [0, 0.05) is 12.1 Å². The predicted octanol–water partition coefficient (Wildman–Crippen LogP) is 1.54. The minimum absolute atomic E-state index is 0.184. The van der Waals surface area contributed by atoms with Crippen LogP contribution in [-0.4, -0.2) is 38.1 Å². The van der Waals surface area contributed by atoms with Crippen molar-refractivity contribution >= 4 is 5.91 Å². The summed E-state index contributed by atoms with van der Waals surface area (Å²) in [7, 11) is 0. The highest BCUT2D eigenvalue weighted by molar-refractivity contribution is 5.91. The van der Waals surface area contributed by atoms with Crippen molar-refractivity contribution in [3.8, 4) is 0 Å². The number of hydrogen-bond acceptors (Lipinski definition) is 3. The average molecular weight is 222 g/mol. The molecule has 1 rings (SSSR count). The molecule has 0 fully saturated rings. The third kappa shape index (κ3) is 2.68. The van der Waals surface area contributed by atoms with Gasteiger partial charge in [-0.3, -0.25) is 9.89 Å². The highest BCUT2D eigenvalue weighted by Gasteiger charge is 2.28. The average Bonchev–Trinajstić information content (AvgIpc) is 2.58. The summed E-state index contributed by atoms with van der Waals surface area (Å²) in [5.41, 5.74) is -0.278. The molecule has 1 amide bonds. The molecule has 5 nitrogen and oxygen atoms in total. The standard InChI is InChI=1S/C11H18N4O/c1-6-7-15(11(3,4)5)10(16)9-12-8(2)13-14-9/h6H,1,7H2,2-5H3,(H,12,13,14). The number of nitrogens with one attached hydrogen (secondary N) is 1.